The van der Waals surface area contributed by atoms with Gasteiger partial charge in [0.25, 0.3) is 0 Å². The number of β-amino-alcohol motifs (C(OH)–C–C–N with tert-alkyl or cyclic N) is 2. The highest BCUT2D eigenvalue weighted by molar-refractivity contribution is 8.00. The molecule has 4 heteroatoms. The first-order valence-electron chi connectivity index (χ1n) is 4.71. The van der Waals surface area contributed by atoms with E-state index in [-0.39, 0.29) is 6.54 Å². The molecule has 2 N–H and O–H groups in total. The average Bonchev–Trinajstić information content (AvgIpc) is 2.18. The van der Waals surface area contributed by atoms with Gasteiger partial charge in [0.15, 0.2) is 0 Å². The second-order valence-corrected chi connectivity index (χ2v) is 4.82. The second kappa shape index (κ2) is 3.96. The van der Waals surface area contributed by atoms with Crippen LogP contribution in [0.3, 0.4) is 0 Å². The van der Waals surface area contributed by atoms with E-state index >= 15 is 0 Å². The van der Waals surface area contributed by atoms with Gasteiger partial charge in [-0.3, -0.25) is 0 Å². The van der Waals surface area contributed by atoms with E-state index in [2.05, 4.69) is 12.5 Å². The number of aliphatic hydroxyl groups is 2. The Hall–Kier alpha value is -0.450. The van der Waals surface area contributed by atoms with Crippen molar-refractivity contribution >= 4 is 11.8 Å². The van der Waals surface area contributed by atoms with Gasteiger partial charge < -0.3 is 15.1 Å². The Kier molecular flexibility index (Phi) is 2.85. The lowest BCUT2D eigenvalue weighted by Gasteiger charge is -2.37. The highest BCUT2D eigenvalue weighted by Crippen LogP contribution is 2.28. The lowest BCUT2D eigenvalue weighted by Crippen LogP contribution is -2.45. The summed E-state index contributed by atoms with van der Waals surface area (Å²) in [6.07, 6.45) is 9.13. The Bertz CT molecular complexity index is 273. The molecule has 1 radical (unpaired) electrons. The van der Waals surface area contributed by atoms with Gasteiger partial charge in [-0.25, -0.2) is 0 Å². The number of thioether (sulfide) groups is 1. The fourth-order valence-corrected chi connectivity index (χ4v) is 2.54. The number of rotatable bonds is 1. The van der Waals surface area contributed by atoms with Gasteiger partial charge >= 0.3 is 0 Å². The Morgan fingerprint density at radius 3 is 2.93 bits per heavy atom. The van der Waals surface area contributed by atoms with Crippen LogP contribution in [-0.2, 0) is 0 Å². The molecule has 2 aliphatic rings. The molecule has 0 aromatic heterocycles. The molecule has 3 nitrogen and oxygen atoms in total. The van der Waals surface area contributed by atoms with Crippen molar-refractivity contribution in [1.29, 1.82) is 0 Å². The Morgan fingerprint density at radius 1 is 1.43 bits per heavy atom. The van der Waals surface area contributed by atoms with Crippen molar-refractivity contribution in [2.45, 2.75) is 11.5 Å². The van der Waals surface area contributed by atoms with Gasteiger partial charge in [-0.15, -0.1) is 0 Å². The van der Waals surface area contributed by atoms with Crippen molar-refractivity contribution in [3.63, 3.8) is 0 Å². The maximum Gasteiger partial charge on any atom is 0.231 e. The second-order valence-electron chi connectivity index (χ2n) is 3.47. The van der Waals surface area contributed by atoms with Crippen molar-refractivity contribution in [1.82, 2.24) is 4.90 Å². The first-order chi connectivity index (χ1) is 6.67. The maximum absolute atomic E-state index is 9.49. The molecule has 1 aliphatic carbocycles. The monoisotopic (exact) mass is 212 g/mol. The smallest absolute Gasteiger partial charge is 0.231 e. The lowest BCUT2D eigenvalue weighted by molar-refractivity contribution is -0.0933. The zero-order valence-electron chi connectivity index (χ0n) is 7.89. The number of hydrogen-bond donors (Lipinski definition) is 2. The van der Waals surface area contributed by atoms with E-state index in [1.807, 2.05) is 17.1 Å². The van der Waals surface area contributed by atoms with Crippen LogP contribution in [0.2, 0.25) is 0 Å². The quantitative estimate of drug-likeness (QED) is 0.629. The first kappa shape index (κ1) is 10.1. The molecule has 0 amide bonds. The molecule has 0 spiro atoms. The minimum absolute atomic E-state index is 0.286. The minimum Gasteiger partial charge on any atom is -0.365 e. The van der Waals surface area contributed by atoms with Gasteiger partial charge in [0.1, 0.15) is 0 Å². The molecular weight excluding hydrogens is 198 g/mol. The summed E-state index contributed by atoms with van der Waals surface area (Å²) in [4.78, 5) is 2.01. The van der Waals surface area contributed by atoms with E-state index in [0.29, 0.717) is 0 Å². The maximum atomic E-state index is 9.49. The molecule has 0 unspecified atom stereocenters. The van der Waals surface area contributed by atoms with Crippen molar-refractivity contribution < 1.29 is 10.2 Å². The molecule has 0 aromatic rings. The zero-order valence-corrected chi connectivity index (χ0v) is 8.70. The molecule has 1 saturated heterocycles. The lowest BCUT2D eigenvalue weighted by atomic mass is 10.1. The predicted octanol–water partition coefficient (Wildman–Crippen LogP) is 0.722. The van der Waals surface area contributed by atoms with Crippen LogP contribution in [0.15, 0.2) is 23.9 Å². The normalized spacial score (nSPS) is 26.1. The summed E-state index contributed by atoms with van der Waals surface area (Å²) in [5.41, 5.74) is 1.10. The summed E-state index contributed by atoms with van der Waals surface area (Å²) in [6.45, 7) is 1.16. The number of allylic oxidation sites excluding steroid dienone is 3. The number of hydrogen-bond acceptors (Lipinski definition) is 4. The van der Waals surface area contributed by atoms with Crippen LogP contribution in [0, 0.1) is 6.42 Å². The van der Waals surface area contributed by atoms with E-state index in [9.17, 15) is 10.2 Å². The van der Waals surface area contributed by atoms with Gasteiger partial charge in [-0.05, 0) is 18.9 Å². The molecular formula is C10H14NO2S. The van der Waals surface area contributed by atoms with Crippen molar-refractivity contribution in [3.05, 3.63) is 30.3 Å². The largest absolute Gasteiger partial charge is 0.365 e. The van der Waals surface area contributed by atoms with Crippen LogP contribution < -0.4 is 0 Å². The first-order valence-corrected chi connectivity index (χ1v) is 5.70. The molecule has 0 saturated carbocycles. The minimum atomic E-state index is -1.59. The van der Waals surface area contributed by atoms with E-state index in [1.165, 1.54) is 11.8 Å². The van der Waals surface area contributed by atoms with Gasteiger partial charge in [0, 0.05) is 18.0 Å². The highest BCUT2D eigenvalue weighted by Gasteiger charge is 2.31. The molecule has 14 heavy (non-hydrogen) atoms. The molecule has 77 valence electrons. The summed E-state index contributed by atoms with van der Waals surface area (Å²) in [5, 5.41) is 17.4. The fourth-order valence-electron chi connectivity index (χ4n) is 1.65. The summed E-state index contributed by atoms with van der Waals surface area (Å²) >= 11 is 1.20. The van der Waals surface area contributed by atoms with Crippen LogP contribution >= 0.6 is 11.8 Å². The summed E-state index contributed by atoms with van der Waals surface area (Å²) < 4.78 is 0. The number of nitrogens with zero attached hydrogens (tertiary/aromatic N) is 1. The summed E-state index contributed by atoms with van der Waals surface area (Å²) in [7, 11) is 0. The fraction of sp³-hybridized carbons (Fsp3) is 0.500. The molecule has 1 heterocycles. The van der Waals surface area contributed by atoms with Gasteiger partial charge in [0.05, 0.1) is 6.54 Å². The van der Waals surface area contributed by atoms with Crippen molar-refractivity contribution in [3.8, 4) is 0 Å². The summed E-state index contributed by atoms with van der Waals surface area (Å²) in [6, 6.07) is 0. The molecule has 1 fully saturated rings. The van der Waals surface area contributed by atoms with Crippen LogP contribution in [0.4, 0.5) is 0 Å². The van der Waals surface area contributed by atoms with Crippen LogP contribution in [0.25, 0.3) is 0 Å². The summed E-state index contributed by atoms with van der Waals surface area (Å²) in [5.74, 6) is 0.752. The predicted molar refractivity (Wildman–Crippen MR) is 57.3 cm³/mol. The Labute approximate surface area is 88.1 Å². The molecule has 1 aliphatic heterocycles. The van der Waals surface area contributed by atoms with Crippen LogP contribution in [0.5, 0.6) is 0 Å². The average molecular weight is 212 g/mol. The standard InChI is InChI=1S/C10H14NO2S/c12-10(13)8-11(6-7-14-10)9-4-2-1-3-5-9/h1-2,4-5,12-13H,3,6-8H2. The van der Waals surface area contributed by atoms with E-state index in [4.69, 9.17) is 0 Å². The topological polar surface area (TPSA) is 43.7 Å². The molecule has 0 bridgehead atoms. The third kappa shape index (κ3) is 2.32. The van der Waals surface area contributed by atoms with E-state index in [1.54, 1.807) is 0 Å². The van der Waals surface area contributed by atoms with Gasteiger partial charge in [0.2, 0.25) is 5.12 Å². The van der Waals surface area contributed by atoms with Gasteiger partial charge in [-0.1, -0.05) is 23.9 Å². The molecule has 0 atom stereocenters. The Balaban J connectivity index is 2.04. The van der Waals surface area contributed by atoms with E-state index in [0.717, 1.165) is 24.4 Å². The zero-order chi connectivity index (χ0) is 10.0. The highest BCUT2D eigenvalue weighted by atomic mass is 32.2. The van der Waals surface area contributed by atoms with E-state index < -0.39 is 5.12 Å². The Morgan fingerprint density at radius 2 is 2.29 bits per heavy atom. The van der Waals surface area contributed by atoms with Crippen molar-refractivity contribution in [2.75, 3.05) is 18.8 Å². The van der Waals surface area contributed by atoms with Crippen LogP contribution in [0.1, 0.15) is 6.42 Å². The third-order valence-corrected chi connectivity index (χ3v) is 3.30. The van der Waals surface area contributed by atoms with Crippen molar-refractivity contribution in [2.24, 2.45) is 0 Å². The molecule has 2 rings (SSSR count). The third-order valence-electron chi connectivity index (χ3n) is 2.32. The van der Waals surface area contributed by atoms with Gasteiger partial charge in [-0.2, -0.15) is 0 Å². The SMILES string of the molecule is OC1(O)CN(C2=CC[CH]C=C2)CCS1. The molecule has 0 aromatic carbocycles. The van der Waals surface area contributed by atoms with Crippen LogP contribution in [-0.4, -0.2) is 39.1 Å².